The van der Waals surface area contributed by atoms with Gasteiger partial charge in [0.25, 0.3) is 0 Å². The number of likely N-dealkylation sites (tertiary alicyclic amines) is 1. The molecule has 0 aromatic carbocycles. The maximum absolute atomic E-state index is 12.2. The van der Waals surface area contributed by atoms with E-state index in [2.05, 4.69) is 25.4 Å². The molecule has 0 saturated carbocycles. The fourth-order valence-corrected chi connectivity index (χ4v) is 3.56. The van der Waals surface area contributed by atoms with Crippen molar-refractivity contribution in [3.8, 4) is 0 Å². The number of piperidine rings is 1. The SMILES string of the molecule is COCc1nnc(NC(=O)CN2CCCC(OCc3ccccn3)C2)s1. The lowest BCUT2D eigenvalue weighted by atomic mass is 10.1. The average Bonchev–Trinajstić information content (AvgIpc) is 3.08. The van der Waals surface area contributed by atoms with Gasteiger partial charge in [-0.15, -0.1) is 10.2 Å². The largest absolute Gasteiger partial charge is 0.377 e. The van der Waals surface area contributed by atoms with E-state index in [0.29, 0.717) is 24.9 Å². The van der Waals surface area contributed by atoms with Crippen molar-refractivity contribution < 1.29 is 14.3 Å². The Labute approximate surface area is 156 Å². The van der Waals surface area contributed by atoms with Gasteiger partial charge in [0.1, 0.15) is 11.6 Å². The van der Waals surface area contributed by atoms with Crippen LogP contribution >= 0.6 is 11.3 Å². The number of rotatable bonds is 8. The second-order valence-corrected chi connectivity index (χ2v) is 7.18. The van der Waals surface area contributed by atoms with Crippen LogP contribution in [0.15, 0.2) is 24.4 Å². The molecule has 1 fully saturated rings. The van der Waals surface area contributed by atoms with Gasteiger partial charge in [-0.25, -0.2) is 0 Å². The first kappa shape index (κ1) is 18.8. The summed E-state index contributed by atoms with van der Waals surface area (Å²) < 4.78 is 11.0. The molecule has 1 atom stereocenters. The molecule has 8 nitrogen and oxygen atoms in total. The number of carbonyl (C=O) groups is 1. The Balaban J connectivity index is 1.42. The van der Waals surface area contributed by atoms with Gasteiger partial charge >= 0.3 is 0 Å². The topological polar surface area (TPSA) is 89.5 Å². The predicted octanol–water partition coefficient (Wildman–Crippen LogP) is 1.70. The predicted molar refractivity (Wildman–Crippen MR) is 97.7 cm³/mol. The zero-order valence-corrected chi connectivity index (χ0v) is 15.6. The Hall–Kier alpha value is -1.94. The summed E-state index contributed by atoms with van der Waals surface area (Å²) in [6.45, 7) is 2.85. The minimum atomic E-state index is -0.0875. The van der Waals surface area contributed by atoms with E-state index < -0.39 is 0 Å². The van der Waals surface area contributed by atoms with Gasteiger partial charge in [-0.3, -0.25) is 20.0 Å². The lowest BCUT2D eigenvalue weighted by Crippen LogP contribution is -2.43. The molecule has 1 N–H and O–H groups in total. The smallest absolute Gasteiger partial charge is 0.240 e. The molecule has 3 rings (SSSR count). The standard InChI is InChI=1S/C17H23N5O3S/c1-24-12-16-20-21-17(26-16)19-15(23)10-22-8-4-6-14(9-22)25-11-13-5-2-3-7-18-13/h2-3,5,7,14H,4,6,8-12H2,1H3,(H,19,21,23). The van der Waals surface area contributed by atoms with Crippen molar-refractivity contribution in [1.82, 2.24) is 20.1 Å². The highest BCUT2D eigenvalue weighted by atomic mass is 32.1. The van der Waals surface area contributed by atoms with E-state index in [-0.39, 0.29) is 12.0 Å². The van der Waals surface area contributed by atoms with E-state index in [1.165, 1.54) is 11.3 Å². The molecule has 0 radical (unpaired) electrons. The van der Waals surface area contributed by atoms with Crippen LogP contribution < -0.4 is 5.32 Å². The summed E-state index contributed by atoms with van der Waals surface area (Å²) in [5, 5.41) is 12.0. The summed E-state index contributed by atoms with van der Waals surface area (Å²) >= 11 is 1.32. The number of hydrogen-bond acceptors (Lipinski definition) is 8. The van der Waals surface area contributed by atoms with Crippen LogP contribution in [0.1, 0.15) is 23.5 Å². The normalized spacial score (nSPS) is 18.0. The second kappa shape index (κ2) is 9.67. The van der Waals surface area contributed by atoms with E-state index in [9.17, 15) is 4.79 Å². The quantitative estimate of drug-likeness (QED) is 0.749. The number of nitrogens with one attached hydrogen (secondary N) is 1. The molecule has 26 heavy (non-hydrogen) atoms. The average molecular weight is 377 g/mol. The van der Waals surface area contributed by atoms with E-state index in [0.717, 1.165) is 36.6 Å². The van der Waals surface area contributed by atoms with Crippen LogP contribution in [0.25, 0.3) is 0 Å². The van der Waals surface area contributed by atoms with Crippen LogP contribution in [0.2, 0.25) is 0 Å². The van der Waals surface area contributed by atoms with E-state index in [1.807, 2.05) is 18.2 Å². The van der Waals surface area contributed by atoms with Gasteiger partial charge < -0.3 is 9.47 Å². The molecule has 140 valence electrons. The zero-order chi connectivity index (χ0) is 18.2. The zero-order valence-electron chi connectivity index (χ0n) is 14.8. The van der Waals surface area contributed by atoms with Crippen LogP contribution in [-0.2, 0) is 27.5 Å². The van der Waals surface area contributed by atoms with Gasteiger partial charge in [-0.1, -0.05) is 17.4 Å². The van der Waals surface area contributed by atoms with Crippen LogP contribution in [0.5, 0.6) is 0 Å². The van der Waals surface area contributed by atoms with Crippen molar-refractivity contribution in [3.63, 3.8) is 0 Å². The maximum atomic E-state index is 12.2. The molecular weight excluding hydrogens is 354 g/mol. The molecule has 0 spiro atoms. The third-order valence-electron chi connectivity index (χ3n) is 4.00. The van der Waals surface area contributed by atoms with Gasteiger partial charge in [0.15, 0.2) is 0 Å². The summed E-state index contributed by atoms with van der Waals surface area (Å²) in [7, 11) is 1.60. The fraction of sp³-hybridized carbons (Fsp3) is 0.529. The molecular formula is C17H23N5O3S. The minimum Gasteiger partial charge on any atom is -0.377 e. The molecule has 0 bridgehead atoms. The van der Waals surface area contributed by atoms with Crippen LogP contribution in [0.3, 0.4) is 0 Å². The van der Waals surface area contributed by atoms with E-state index in [4.69, 9.17) is 9.47 Å². The number of amides is 1. The number of ether oxygens (including phenoxy) is 2. The van der Waals surface area contributed by atoms with Crippen molar-refractivity contribution in [2.75, 3.05) is 32.1 Å². The van der Waals surface area contributed by atoms with Crippen molar-refractivity contribution in [2.24, 2.45) is 0 Å². The van der Waals surface area contributed by atoms with Crippen molar-refractivity contribution >= 4 is 22.4 Å². The van der Waals surface area contributed by atoms with Gasteiger partial charge in [-0.05, 0) is 31.5 Å². The highest BCUT2D eigenvalue weighted by Gasteiger charge is 2.22. The van der Waals surface area contributed by atoms with Gasteiger partial charge in [0, 0.05) is 19.9 Å². The molecule has 1 saturated heterocycles. The van der Waals surface area contributed by atoms with Crippen LogP contribution in [-0.4, -0.2) is 58.8 Å². The number of carbonyl (C=O) groups excluding carboxylic acids is 1. The number of nitrogens with zero attached hydrogens (tertiary/aromatic N) is 4. The number of anilines is 1. The Kier molecular flexibility index (Phi) is 7.01. The van der Waals surface area contributed by atoms with Gasteiger partial charge in [0.2, 0.25) is 11.0 Å². The minimum absolute atomic E-state index is 0.0875. The number of methoxy groups -OCH3 is 1. The lowest BCUT2D eigenvalue weighted by Gasteiger charge is -2.31. The molecule has 2 aromatic heterocycles. The summed E-state index contributed by atoms with van der Waals surface area (Å²) in [6, 6.07) is 5.79. The molecule has 0 aliphatic carbocycles. The van der Waals surface area contributed by atoms with E-state index >= 15 is 0 Å². The monoisotopic (exact) mass is 377 g/mol. The number of pyridine rings is 1. The highest BCUT2D eigenvalue weighted by molar-refractivity contribution is 7.15. The summed E-state index contributed by atoms with van der Waals surface area (Å²) in [5.74, 6) is -0.0875. The summed E-state index contributed by atoms with van der Waals surface area (Å²) in [4.78, 5) is 18.6. The maximum Gasteiger partial charge on any atom is 0.240 e. The molecule has 1 unspecified atom stereocenters. The fourth-order valence-electron chi connectivity index (χ4n) is 2.83. The summed E-state index contributed by atoms with van der Waals surface area (Å²) in [5.41, 5.74) is 0.922. The van der Waals surface area contributed by atoms with Crippen LogP contribution in [0, 0.1) is 0 Å². The van der Waals surface area contributed by atoms with Crippen molar-refractivity contribution in [1.29, 1.82) is 0 Å². The Bertz CT molecular complexity index is 697. The number of aromatic nitrogens is 3. The number of hydrogen-bond donors (Lipinski definition) is 1. The Morgan fingerprint density at radius 1 is 1.38 bits per heavy atom. The van der Waals surface area contributed by atoms with Gasteiger partial charge in [0.05, 0.1) is 24.9 Å². The second-order valence-electron chi connectivity index (χ2n) is 6.11. The highest BCUT2D eigenvalue weighted by Crippen LogP contribution is 2.17. The van der Waals surface area contributed by atoms with Crippen LogP contribution in [0.4, 0.5) is 5.13 Å². The summed E-state index contributed by atoms with van der Waals surface area (Å²) in [6.07, 6.45) is 3.90. The van der Waals surface area contributed by atoms with Crippen molar-refractivity contribution in [3.05, 3.63) is 35.1 Å². The first-order valence-corrected chi connectivity index (χ1v) is 9.39. The molecule has 9 heteroatoms. The Morgan fingerprint density at radius 2 is 2.31 bits per heavy atom. The first-order valence-electron chi connectivity index (χ1n) is 8.58. The third kappa shape index (κ3) is 5.80. The Morgan fingerprint density at radius 3 is 3.12 bits per heavy atom. The molecule has 2 aromatic rings. The molecule has 1 aliphatic heterocycles. The molecule has 1 amide bonds. The lowest BCUT2D eigenvalue weighted by molar-refractivity contribution is -0.118. The third-order valence-corrected chi connectivity index (χ3v) is 4.82. The van der Waals surface area contributed by atoms with Gasteiger partial charge in [-0.2, -0.15) is 0 Å². The molecule has 3 heterocycles. The molecule has 1 aliphatic rings. The van der Waals surface area contributed by atoms with Crippen molar-refractivity contribution in [2.45, 2.75) is 32.2 Å². The first-order chi connectivity index (χ1) is 12.7. The van der Waals surface area contributed by atoms with E-state index in [1.54, 1.807) is 13.3 Å².